The van der Waals surface area contributed by atoms with Gasteiger partial charge in [0.05, 0.1) is 11.6 Å². The Hall–Kier alpha value is -2.84. The number of hydrogen-bond donors (Lipinski definition) is 3. The van der Waals surface area contributed by atoms with Crippen LogP contribution >= 0.6 is 0 Å². The highest BCUT2D eigenvalue weighted by atomic mass is 19.4. The van der Waals surface area contributed by atoms with E-state index in [1.54, 1.807) is 12.2 Å². The van der Waals surface area contributed by atoms with E-state index in [9.17, 15) is 22.8 Å². The quantitative estimate of drug-likeness (QED) is 0.487. The molecule has 1 fully saturated rings. The molecule has 0 aromatic rings. The first-order chi connectivity index (χ1) is 12.6. The molecule has 1 unspecified atom stereocenters. The lowest BCUT2D eigenvalue weighted by atomic mass is 10.1. The van der Waals surface area contributed by atoms with E-state index in [4.69, 9.17) is 10.1 Å². The Kier molecular flexibility index (Phi) is 6.24. The van der Waals surface area contributed by atoms with Gasteiger partial charge in [-0.05, 0) is 30.4 Å². The molecule has 27 heavy (non-hydrogen) atoms. The van der Waals surface area contributed by atoms with Crippen molar-refractivity contribution >= 4 is 17.6 Å². The molecule has 0 spiro atoms. The van der Waals surface area contributed by atoms with Crippen molar-refractivity contribution in [1.82, 2.24) is 10.6 Å². The number of allylic oxidation sites excluding steroid dienone is 3. The number of halogens is 3. The Bertz CT molecular complexity index is 747. The predicted octanol–water partition coefficient (Wildman–Crippen LogP) is 2.71. The zero-order chi connectivity index (χ0) is 20.2. The summed E-state index contributed by atoms with van der Waals surface area (Å²) in [5, 5.41) is 12.2. The molecule has 0 aliphatic heterocycles. The van der Waals surface area contributed by atoms with E-state index in [1.165, 1.54) is 19.1 Å². The minimum Gasteiger partial charge on any atom is -0.484 e. The van der Waals surface area contributed by atoms with Crippen molar-refractivity contribution in [1.29, 1.82) is 5.41 Å². The molecule has 3 N–H and O–H groups in total. The number of nitrogens with one attached hydrogen (secondary N) is 3. The highest BCUT2D eigenvalue weighted by Gasteiger charge is 2.32. The van der Waals surface area contributed by atoms with Crippen LogP contribution in [0.1, 0.15) is 19.8 Å². The van der Waals surface area contributed by atoms with E-state index in [0.717, 1.165) is 12.8 Å². The lowest BCUT2D eigenvalue weighted by Crippen LogP contribution is -2.37. The average Bonchev–Trinajstić information content (AvgIpc) is 3.37. The first-order valence-corrected chi connectivity index (χ1v) is 8.23. The van der Waals surface area contributed by atoms with Crippen LogP contribution in [0.4, 0.5) is 13.2 Å². The van der Waals surface area contributed by atoms with Gasteiger partial charge in [-0.15, -0.1) is 0 Å². The van der Waals surface area contributed by atoms with Crippen molar-refractivity contribution in [2.24, 2.45) is 11.8 Å². The molecule has 9 heteroatoms. The normalized spacial score (nSPS) is 19.3. The van der Waals surface area contributed by atoms with Crippen molar-refractivity contribution in [3.63, 3.8) is 0 Å². The standard InChI is InChI=1S/C18H20F3N3O3/c1-10(16(22)24-11(2)25)23-17(26)13-5-7-14(12-3-4-12)15(8-6-13)27-9-18(19,20)21/h5-8,12-13H,1,3-4,9H2,2H3,(H,23,26)(H2,22,24,25). The highest BCUT2D eigenvalue weighted by Crippen LogP contribution is 2.40. The minimum absolute atomic E-state index is 0.0924. The molecule has 0 radical (unpaired) electrons. The van der Waals surface area contributed by atoms with Crippen LogP contribution in [0, 0.1) is 17.2 Å². The van der Waals surface area contributed by atoms with Crippen molar-refractivity contribution in [2.75, 3.05) is 6.61 Å². The third kappa shape index (κ3) is 6.43. The molecule has 1 atom stereocenters. The Morgan fingerprint density at radius 3 is 2.44 bits per heavy atom. The molecular weight excluding hydrogens is 363 g/mol. The fourth-order valence-corrected chi connectivity index (χ4v) is 2.38. The Morgan fingerprint density at radius 1 is 1.26 bits per heavy atom. The summed E-state index contributed by atoms with van der Waals surface area (Å²) in [6.07, 6.45) is 3.20. The van der Waals surface area contributed by atoms with E-state index >= 15 is 0 Å². The molecule has 2 rings (SSSR count). The monoisotopic (exact) mass is 383 g/mol. The van der Waals surface area contributed by atoms with Crippen molar-refractivity contribution < 1.29 is 27.5 Å². The minimum atomic E-state index is -4.45. The summed E-state index contributed by atoms with van der Waals surface area (Å²) in [5.41, 5.74) is 0.542. The number of amidine groups is 1. The second-order valence-corrected chi connectivity index (χ2v) is 6.27. The lowest BCUT2D eigenvalue weighted by molar-refractivity contribution is -0.164. The second-order valence-electron chi connectivity index (χ2n) is 6.27. The van der Waals surface area contributed by atoms with Gasteiger partial charge in [-0.2, -0.15) is 13.2 Å². The number of alkyl halides is 3. The number of carbonyl (C=O) groups excluding carboxylic acids is 2. The molecule has 1 saturated carbocycles. The molecule has 0 aromatic heterocycles. The largest absolute Gasteiger partial charge is 0.484 e. The van der Waals surface area contributed by atoms with Gasteiger partial charge in [0, 0.05) is 6.92 Å². The molecule has 6 nitrogen and oxygen atoms in total. The van der Waals surface area contributed by atoms with E-state index in [1.807, 2.05) is 0 Å². The van der Waals surface area contributed by atoms with Crippen molar-refractivity contribution in [3.8, 4) is 0 Å². The Morgan fingerprint density at radius 2 is 1.89 bits per heavy atom. The third-order valence-corrected chi connectivity index (χ3v) is 3.81. The van der Waals surface area contributed by atoms with E-state index in [2.05, 4.69) is 17.2 Å². The maximum Gasteiger partial charge on any atom is 0.422 e. The molecule has 0 heterocycles. The molecule has 2 aliphatic rings. The topological polar surface area (TPSA) is 91.3 Å². The summed E-state index contributed by atoms with van der Waals surface area (Å²) in [4.78, 5) is 23.3. The molecule has 146 valence electrons. The van der Waals surface area contributed by atoms with Gasteiger partial charge in [0.15, 0.2) is 6.61 Å². The Balaban J connectivity index is 2.06. The number of amides is 2. The van der Waals surface area contributed by atoms with Gasteiger partial charge < -0.3 is 15.4 Å². The summed E-state index contributed by atoms with van der Waals surface area (Å²) in [5.74, 6) is -1.91. The summed E-state index contributed by atoms with van der Waals surface area (Å²) >= 11 is 0. The smallest absolute Gasteiger partial charge is 0.422 e. The van der Waals surface area contributed by atoms with Crippen LogP contribution in [0.5, 0.6) is 0 Å². The van der Waals surface area contributed by atoms with E-state index < -0.39 is 30.5 Å². The summed E-state index contributed by atoms with van der Waals surface area (Å²) in [6, 6.07) is 0. The van der Waals surface area contributed by atoms with Gasteiger partial charge in [-0.25, -0.2) is 0 Å². The second kappa shape index (κ2) is 8.24. The predicted molar refractivity (Wildman–Crippen MR) is 92.4 cm³/mol. The van der Waals surface area contributed by atoms with Crippen molar-refractivity contribution in [3.05, 3.63) is 47.9 Å². The molecule has 0 bridgehead atoms. The molecular formula is C18H20F3N3O3. The number of rotatable bonds is 6. The van der Waals surface area contributed by atoms with Gasteiger partial charge in [0.2, 0.25) is 11.8 Å². The lowest BCUT2D eigenvalue weighted by Gasteiger charge is -2.13. The zero-order valence-electron chi connectivity index (χ0n) is 14.7. The zero-order valence-corrected chi connectivity index (χ0v) is 14.7. The molecule has 2 amide bonds. The molecule has 0 aromatic carbocycles. The summed E-state index contributed by atoms with van der Waals surface area (Å²) < 4.78 is 42.3. The van der Waals surface area contributed by atoms with Gasteiger partial charge in [0.1, 0.15) is 11.6 Å². The number of ether oxygens (including phenoxy) is 1. The highest BCUT2D eigenvalue weighted by molar-refractivity contribution is 6.06. The van der Waals surface area contributed by atoms with Crippen LogP contribution in [-0.2, 0) is 14.3 Å². The van der Waals surface area contributed by atoms with Crippen LogP contribution in [0.3, 0.4) is 0 Å². The maximum atomic E-state index is 12.5. The first-order valence-electron chi connectivity index (χ1n) is 8.23. The average molecular weight is 383 g/mol. The van der Waals surface area contributed by atoms with Crippen LogP contribution in [0.15, 0.2) is 47.9 Å². The van der Waals surface area contributed by atoms with E-state index in [0.29, 0.717) is 5.57 Å². The van der Waals surface area contributed by atoms with Gasteiger partial charge in [-0.1, -0.05) is 24.8 Å². The van der Waals surface area contributed by atoms with Crippen LogP contribution in [0.2, 0.25) is 0 Å². The van der Waals surface area contributed by atoms with Gasteiger partial charge >= 0.3 is 6.18 Å². The SMILES string of the molecule is C=C(NC(=O)C1C=CC(OCC(F)(F)F)=C(C2CC2)C=C1)C(=N)NC(C)=O. The maximum absolute atomic E-state index is 12.5. The van der Waals surface area contributed by atoms with Crippen molar-refractivity contribution in [2.45, 2.75) is 25.9 Å². The fourth-order valence-electron chi connectivity index (χ4n) is 2.38. The van der Waals surface area contributed by atoms with E-state index in [-0.39, 0.29) is 23.2 Å². The van der Waals surface area contributed by atoms with Crippen LogP contribution in [0.25, 0.3) is 0 Å². The van der Waals surface area contributed by atoms with Crippen LogP contribution in [-0.4, -0.2) is 30.4 Å². The summed E-state index contributed by atoms with van der Waals surface area (Å²) in [7, 11) is 0. The van der Waals surface area contributed by atoms with Gasteiger partial charge in [-0.3, -0.25) is 15.0 Å². The Labute approximate surface area is 154 Å². The third-order valence-electron chi connectivity index (χ3n) is 3.81. The van der Waals surface area contributed by atoms with Crippen LogP contribution < -0.4 is 10.6 Å². The van der Waals surface area contributed by atoms with Gasteiger partial charge in [0.25, 0.3) is 0 Å². The number of hydrogen-bond acceptors (Lipinski definition) is 4. The molecule has 0 saturated heterocycles. The fraction of sp³-hybridized carbons (Fsp3) is 0.389. The summed E-state index contributed by atoms with van der Waals surface area (Å²) in [6.45, 7) is 3.32. The first kappa shape index (κ1) is 20.5. The molecule has 2 aliphatic carbocycles. The number of carbonyl (C=O) groups is 2.